The minimum atomic E-state index is -0.672. The molecule has 0 saturated heterocycles. The van der Waals surface area contributed by atoms with Gasteiger partial charge >= 0.3 is 0 Å². The van der Waals surface area contributed by atoms with Gasteiger partial charge in [0.2, 0.25) is 0 Å². The van der Waals surface area contributed by atoms with Crippen molar-refractivity contribution in [1.82, 2.24) is 15.5 Å². The number of aromatic nitrogens is 2. The molecule has 0 aliphatic carbocycles. The van der Waals surface area contributed by atoms with E-state index in [-0.39, 0.29) is 17.3 Å². The summed E-state index contributed by atoms with van der Waals surface area (Å²) in [4.78, 5) is 9.90. The molecule has 0 spiro atoms. The van der Waals surface area contributed by atoms with Crippen molar-refractivity contribution in [2.75, 3.05) is 7.05 Å². The Bertz CT molecular complexity index is 616. The molecule has 1 heterocycles. The van der Waals surface area contributed by atoms with Crippen LogP contribution in [-0.4, -0.2) is 22.2 Å². The van der Waals surface area contributed by atoms with Crippen LogP contribution in [0, 0.1) is 15.9 Å². The fourth-order valence-corrected chi connectivity index (χ4v) is 2.36. The van der Waals surface area contributed by atoms with Crippen LogP contribution in [0.4, 0.5) is 10.1 Å². The quantitative estimate of drug-likeness (QED) is 0.688. The normalized spacial score (nSPS) is 12.4. The van der Waals surface area contributed by atoms with E-state index < -0.39 is 10.7 Å². The van der Waals surface area contributed by atoms with Gasteiger partial charge in [-0.1, -0.05) is 11.3 Å². The minimum absolute atomic E-state index is 0.0207. The van der Waals surface area contributed by atoms with Gasteiger partial charge in [-0.2, -0.15) is 0 Å². The predicted octanol–water partition coefficient (Wildman–Crippen LogP) is 2.53. The highest BCUT2D eigenvalue weighted by Crippen LogP contribution is 2.30. The van der Waals surface area contributed by atoms with Crippen LogP contribution in [0.5, 0.6) is 0 Å². The van der Waals surface area contributed by atoms with E-state index in [9.17, 15) is 14.5 Å². The van der Waals surface area contributed by atoms with Crippen LogP contribution < -0.4 is 5.32 Å². The summed E-state index contributed by atoms with van der Waals surface area (Å²) < 4.78 is 13.8. The second-order valence-corrected chi connectivity index (χ2v) is 4.89. The second-order valence-electron chi connectivity index (χ2n) is 3.88. The number of non-ortho nitro benzene ring substituents is 1. The summed E-state index contributed by atoms with van der Waals surface area (Å²) in [6.45, 7) is 1.91. The maximum atomic E-state index is 13.8. The molecule has 6 nitrogen and oxygen atoms in total. The maximum absolute atomic E-state index is 13.8. The third-order valence-electron chi connectivity index (χ3n) is 2.64. The molecule has 0 bridgehead atoms. The van der Waals surface area contributed by atoms with Crippen molar-refractivity contribution in [3.05, 3.63) is 39.1 Å². The van der Waals surface area contributed by atoms with Crippen molar-refractivity contribution >= 4 is 17.0 Å². The lowest BCUT2D eigenvalue weighted by atomic mass is 10.2. The van der Waals surface area contributed by atoms with E-state index in [1.165, 1.54) is 23.5 Å². The Kier molecular flexibility index (Phi) is 3.82. The lowest BCUT2D eigenvalue weighted by Crippen LogP contribution is -2.11. The summed E-state index contributed by atoms with van der Waals surface area (Å²) >= 11 is 1.25. The average Bonchev–Trinajstić information content (AvgIpc) is 2.87. The number of nitrogens with one attached hydrogen (secondary N) is 1. The first-order chi connectivity index (χ1) is 9.02. The van der Waals surface area contributed by atoms with Crippen LogP contribution in [0.1, 0.15) is 18.0 Å². The van der Waals surface area contributed by atoms with E-state index in [0.717, 1.165) is 11.1 Å². The lowest BCUT2D eigenvalue weighted by Gasteiger charge is -2.03. The lowest BCUT2D eigenvalue weighted by molar-refractivity contribution is -0.385. The Labute approximate surface area is 112 Å². The summed E-state index contributed by atoms with van der Waals surface area (Å²) in [6, 6.07) is 3.51. The summed E-state index contributed by atoms with van der Waals surface area (Å²) in [6.07, 6.45) is 0. The molecule has 1 unspecified atom stereocenters. The van der Waals surface area contributed by atoms with Crippen LogP contribution in [0.25, 0.3) is 10.6 Å². The molecule has 1 aromatic carbocycles. The summed E-state index contributed by atoms with van der Waals surface area (Å²) in [5.41, 5.74) is -0.0627. The molecule has 19 heavy (non-hydrogen) atoms. The molecule has 100 valence electrons. The first-order valence-corrected chi connectivity index (χ1v) is 6.29. The highest BCUT2D eigenvalue weighted by atomic mass is 32.1. The topological polar surface area (TPSA) is 81.0 Å². The Balaban J connectivity index is 2.37. The molecular formula is C11H11FN4O2S. The Hall–Kier alpha value is -1.93. The van der Waals surface area contributed by atoms with Crippen LogP contribution in [0.2, 0.25) is 0 Å². The molecule has 2 rings (SSSR count). The summed E-state index contributed by atoms with van der Waals surface area (Å²) in [5, 5.41) is 22.6. The summed E-state index contributed by atoms with van der Waals surface area (Å²) in [5.74, 6) is -0.672. The van der Waals surface area contributed by atoms with Crippen molar-refractivity contribution in [3.63, 3.8) is 0 Å². The number of nitro groups is 1. The minimum Gasteiger partial charge on any atom is -0.311 e. The SMILES string of the molecule is CNC(C)c1nnc(-c2ccc([N+](=O)[O-])cc2F)s1. The first-order valence-electron chi connectivity index (χ1n) is 5.48. The number of nitrogens with zero attached hydrogens (tertiary/aromatic N) is 3. The van der Waals surface area contributed by atoms with Crippen molar-refractivity contribution in [3.8, 4) is 10.6 Å². The zero-order valence-electron chi connectivity index (χ0n) is 10.3. The zero-order valence-corrected chi connectivity index (χ0v) is 11.1. The number of hydrogen-bond acceptors (Lipinski definition) is 6. The van der Waals surface area contributed by atoms with E-state index >= 15 is 0 Å². The summed E-state index contributed by atoms with van der Waals surface area (Å²) in [7, 11) is 1.79. The molecule has 0 aliphatic rings. The molecule has 1 atom stereocenters. The predicted molar refractivity (Wildman–Crippen MR) is 69.4 cm³/mol. The molecular weight excluding hydrogens is 271 g/mol. The van der Waals surface area contributed by atoms with Crippen molar-refractivity contribution in [2.24, 2.45) is 0 Å². The number of benzene rings is 1. The molecule has 0 radical (unpaired) electrons. The fraction of sp³-hybridized carbons (Fsp3) is 0.273. The van der Waals surface area contributed by atoms with Gasteiger partial charge in [-0.15, -0.1) is 10.2 Å². The molecule has 2 aromatic rings. The highest BCUT2D eigenvalue weighted by molar-refractivity contribution is 7.14. The zero-order chi connectivity index (χ0) is 14.0. The van der Waals surface area contributed by atoms with Crippen LogP contribution in [0.15, 0.2) is 18.2 Å². The third kappa shape index (κ3) is 2.74. The maximum Gasteiger partial charge on any atom is 0.272 e. The number of halogens is 1. The molecule has 0 saturated carbocycles. The van der Waals surface area contributed by atoms with Gasteiger partial charge in [0.1, 0.15) is 10.8 Å². The van der Waals surface area contributed by atoms with E-state index in [1.54, 1.807) is 7.05 Å². The van der Waals surface area contributed by atoms with Gasteiger partial charge in [0.05, 0.1) is 17.0 Å². The number of rotatable bonds is 4. The number of nitro benzene ring substituents is 1. The van der Waals surface area contributed by atoms with Crippen molar-refractivity contribution < 1.29 is 9.31 Å². The second kappa shape index (κ2) is 5.37. The Morgan fingerprint density at radius 3 is 2.79 bits per heavy atom. The van der Waals surface area contributed by atoms with Gasteiger partial charge in [-0.25, -0.2) is 4.39 Å². The van der Waals surface area contributed by atoms with E-state index in [2.05, 4.69) is 15.5 Å². The highest BCUT2D eigenvalue weighted by Gasteiger charge is 2.17. The van der Waals surface area contributed by atoms with Gasteiger partial charge < -0.3 is 5.32 Å². The van der Waals surface area contributed by atoms with E-state index in [4.69, 9.17) is 0 Å². The Morgan fingerprint density at radius 1 is 1.47 bits per heavy atom. The number of hydrogen-bond donors (Lipinski definition) is 1. The molecule has 0 amide bonds. The van der Waals surface area contributed by atoms with Gasteiger partial charge in [0, 0.05) is 11.6 Å². The van der Waals surface area contributed by atoms with E-state index in [1.807, 2.05) is 6.92 Å². The van der Waals surface area contributed by atoms with Crippen molar-refractivity contribution in [1.29, 1.82) is 0 Å². The first kappa shape index (κ1) is 13.5. The Morgan fingerprint density at radius 2 is 2.21 bits per heavy atom. The van der Waals surface area contributed by atoms with Crippen LogP contribution in [-0.2, 0) is 0 Å². The monoisotopic (exact) mass is 282 g/mol. The average molecular weight is 282 g/mol. The molecule has 0 aliphatic heterocycles. The van der Waals surface area contributed by atoms with Gasteiger partial charge in [-0.3, -0.25) is 10.1 Å². The molecule has 1 aromatic heterocycles. The third-order valence-corrected chi connectivity index (χ3v) is 3.78. The van der Waals surface area contributed by atoms with Crippen molar-refractivity contribution in [2.45, 2.75) is 13.0 Å². The van der Waals surface area contributed by atoms with E-state index in [0.29, 0.717) is 5.01 Å². The van der Waals surface area contributed by atoms with Crippen LogP contribution in [0.3, 0.4) is 0 Å². The smallest absolute Gasteiger partial charge is 0.272 e. The molecule has 0 fully saturated rings. The standard InChI is InChI=1S/C11H11FN4O2S/c1-6(13-2)10-14-15-11(19-10)8-4-3-7(16(17)18)5-9(8)12/h3-6,13H,1-2H3. The van der Waals surface area contributed by atoms with Crippen LogP contribution >= 0.6 is 11.3 Å². The fourth-order valence-electron chi connectivity index (χ4n) is 1.43. The largest absolute Gasteiger partial charge is 0.311 e. The molecule has 1 N–H and O–H groups in total. The molecule has 8 heteroatoms. The van der Waals surface area contributed by atoms with Gasteiger partial charge in [0.15, 0.2) is 5.01 Å². The van der Waals surface area contributed by atoms with Gasteiger partial charge in [0.25, 0.3) is 5.69 Å². The van der Waals surface area contributed by atoms with Gasteiger partial charge in [-0.05, 0) is 20.0 Å².